The largest absolute Gasteiger partial charge is 0.495 e. The molecule has 3 nitrogen and oxygen atoms in total. The van der Waals surface area contributed by atoms with Gasteiger partial charge in [-0.1, -0.05) is 36.2 Å². The first-order valence-corrected chi connectivity index (χ1v) is 8.44. The molecule has 0 aromatic heterocycles. The van der Waals surface area contributed by atoms with Crippen molar-refractivity contribution >= 4 is 34.2 Å². The molecule has 1 aromatic rings. The summed E-state index contributed by atoms with van der Waals surface area (Å²) in [6, 6.07) is 6.09. The fourth-order valence-electron chi connectivity index (χ4n) is 2.89. The molecule has 1 aliphatic heterocycles. The second-order valence-corrected chi connectivity index (χ2v) is 6.77. The normalized spacial score (nSPS) is 25.6. The SMILES string of the molecule is COc1ccc(Cl)cc1NC1=NC2CCCCC2CS1. The number of benzene rings is 1. The molecule has 108 valence electrons. The minimum atomic E-state index is 0.498. The summed E-state index contributed by atoms with van der Waals surface area (Å²) in [4.78, 5) is 4.87. The minimum absolute atomic E-state index is 0.498. The maximum atomic E-state index is 6.06. The molecular weight excluding hydrogens is 292 g/mol. The van der Waals surface area contributed by atoms with E-state index in [-0.39, 0.29) is 0 Å². The first-order chi connectivity index (χ1) is 9.76. The number of nitrogens with zero attached hydrogens (tertiary/aromatic N) is 1. The van der Waals surface area contributed by atoms with Crippen molar-refractivity contribution in [2.75, 3.05) is 18.2 Å². The van der Waals surface area contributed by atoms with Crippen LogP contribution in [0.25, 0.3) is 0 Å². The second-order valence-electron chi connectivity index (χ2n) is 5.33. The third kappa shape index (κ3) is 3.07. The molecule has 1 N–H and O–H groups in total. The monoisotopic (exact) mass is 310 g/mol. The number of amidine groups is 1. The number of nitrogens with one attached hydrogen (secondary N) is 1. The molecule has 0 spiro atoms. The molecule has 1 heterocycles. The van der Waals surface area contributed by atoms with E-state index in [1.54, 1.807) is 7.11 Å². The molecule has 3 rings (SSSR count). The van der Waals surface area contributed by atoms with Crippen LogP contribution in [-0.4, -0.2) is 24.1 Å². The van der Waals surface area contributed by atoms with E-state index in [2.05, 4.69) is 5.32 Å². The van der Waals surface area contributed by atoms with Gasteiger partial charge in [-0.3, -0.25) is 4.99 Å². The van der Waals surface area contributed by atoms with E-state index < -0.39 is 0 Å². The highest BCUT2D eigenvalue weighted by Gasteiger charge is 2.29. The quantitative estimate of drug-likeness (QED) is 0.877. The summed E-state index contributed by atoms with van der Waals surface area (Å²) in [7, 11) is 1.67. The zero-order valence-electron chi connectivity index (χ0n) is 11.6. The summed E-state index contributed by atoms with van der Waals surface area (Å²) in [5.41, 5.74) is 0.889. The van der Waals surface area contributed by atoms with Gasteiger partial charge in [0.1, 0.15) is 5.75 Å². The summed E-state index contributed by atoms with van der Waals surface area (Å²) in [6.45, 7) is 0. The Balaban J connectivity index is 1.77. The van der Waals surface area contributed by atoms with Gasteiger partial charge in [0, 0.05) is 10.8 Å². The van der Waals surface area contributed by atoms with Crippen LogP contribution in [0.3, 0.4) is 0 Å². The number of thioether (sulfide) groups is 1. The van der Waals surface area contributed by atoms with Gasteiger partial charge in [0.2, 0.25) is 0 Å². The van der Waals surface area contributed by atoms with Gasteiger partial charge in [0.25, 0.3) is 0 Å². The number of methoxy groups -OCH3 is 1. The summed E-state index contributed by atoms with van der Waals surface area (Å²) in [5.74, 6) is 2.73. The molecule has 0 bridgehead atoms. The molecule has 0 saturated heterocycles. The van der Waals surface area contributed by atoms with Crippen LogP contribution in [0.4, 0.5) is 5.69 Å². The molecule has 0 radical (unpaired) electrons. The standard InChI is InChI=1S/C15H19ClN2OS/c1-19-14-7-6-11(16)8-13(14)18-15-17-12-5-3-2-4-10(12)9-20-15/h6-8,10,12H,2-5,9H2,1H3,(H,17,18). The molecular formula is C15H19ClN2OS. The molecule has 0 amide bonds. The average molecular weight is 311 g/mol. The zero-order valence-corrected chi connectivity index (χ0v) is 13.1. The second kappa shape index (κ2) is 6.27. The van der Waals surface area contributed by atoms with Crippen molar-refractivity contribution < 1.29 is 4.74 Å². The average Bonchev–Trinajstić information content (AvgIpc) is 2.47. The van der Waals surface area contributed by atoms with Crippen LogP contribution in [0.15, 0.2) is 23.2 Å². The van der Waals surface area contributed by atoms with Crippen molar-refractivity contribution in [1.29, 1.82) is 0 Å². The van der Waals surface area contributed by atoms with Crippen LogP contribution >= 0.6 is 23.4 Å². The Morgan fingerprint density at radius 1 is 1.35 bits per heavy atom. The number of hydrogen-bond acceptors (Lipinski definition) is 4. The molecule has 1 saturated carbocycles. The lowest BCUT2D eigenvalue weighted by atomic mass is 9.86. The number of fused-ring (bicyclic) bond motifs is 1. The van der Waals surface area contributed by atoms with E-state index in [1.165, 1.54) is 31.4 Å². The number of hydrogen-bond donors (Lipinski definition) is 1. The first kappa shape index (κ1) is 14.1. The molecule has 20 heavy (non-hydrogen) atoms. The number of anilines is 1. The van der Waals surface area contributed by atoms with Gasteiger partial charge in [-0.15, -0.1) is 0 Å². The van der Waals surface area contributed by atoms with Gasteiger partial charge >= 0.3 is 0 Å². The van der Waals surface area contributed by atoms with Gasteiger partial charge in [-0.05, 0) is 37.0 Å². The van der Waals surface area contributed by atoms with E-state index in [0.717, 1.165) is 22.5 Å². The van der Waals surface area contributed by atoms with Crippen LogP contribution in [0.2, 0.25) is 5.02 Å². The Kier molecular flexibility index (Phi) is 4.41. The number of rotatable bonds is 2. The van der Waals surface area contributed by atoms with Gasteiger partial charge in [0.15, 0.2) is 5.17 Å². The predicted molar refractivity (Wildman–Crippen MR) is 87.3 cm³/mol. The van der Waals surface area contributed by atoms with Crippen molar-refractivity contribution in [3.63, 3.8) is 0 Å². The van der Waals surface area contributed by atoms with Gasteiger partial charge in [-0.2, -0.15) is 0 Å². The Morgan fingerprint density at radius 2 is 2.20 bits per heavy atom. The Morgan fingerprint density at radius 3 is 3.05 bits per heavy atom. The third-order valence-corrected chi connectivity index (χ3v) is 5.30. The van der Waals surface area contributed by atoms with E-state index in [4.69, 9.17) is 21.3 Å². The van der Waals surface area contributed by atoms with Crippen molar-refractivity contribution in [3.8, 4) is 5.75 Å². The van der Waals surface area contributed by atoms with Crippen molar-refractivity contribution in [2.45, 2.75) is 31.7 Å². The summed E-state index contributed by atoms with van der Waals surface area (Å²) in [6.07, 6.45) is 5.23. The fraction of sp³-hybridized carbons (Fsp3) is 0.533. The number of aliphatic imine (C=N–C) groups is 1. The van der Waals surface area contributed by atoms with E-state index in [1.807, 2.05) is 30.0 Å². The first-order valence-electron chi connectivity index (χ1n) is 7.07. The highest BCUT2D eigenvalue weighted by molar-refractivity contribution is 8.14. The van der Waals surface area contributed by atoms with Crippen LogP contribution < -0.4 is 10.1 Å². The molecule has 2 atom stereocenters. The lowest BCUT2D eigenvalue weighted by Gasteiger charge is -2.32. The Bertz CT molecular complexity index is 521. The van der Waals surface area contributed by atoms with E-state index in [9.17, 15) is 0 Å². The van der Waals surface area contributed by atoms with Gasteiger partial charge in [-0.25, -0.2) is 0 Å². The molecule has 2 unspecified atom stereocenters. The van der Waals surface area contributed by atoms with Gasteiger partial charge in [0.05, 0.1) is 18.8 Å². The van der Waals surface area contributed by atoms with Crippen LogP contribution in [0, 0.1) is 5.92 Å². The molecule has 5 heteroatoms. The Hall–Kier alpha value is -0.870. The van der Waals surface area contributed by atoms with E-state index in [0.29, 0.717) is 11.1 Å². The lowest BCUT2D eigenvalue weighted by Crippen LogP contribution is -2.31. The highest BCUT2D eigenvalue weighted by Crippen LogP contribution is 2.35. The maximum Gasteiger partial charge on any atom is 0.161 e. The lowest BCUT2D eigenvalue weighted by molar-refractivity contribution is 0.336. The Labute approximate surface area is 129 Å². The predicted octanol–water partition coefficient (Wildman–Crippen LogP) is 4.42. The molecule has 1 fully saturated rings. The molecule has 1 aromatic carbocycles. The van der Waals surface area contributed by atoms with Crippen molar-refractivity contribution in [1.82, 2.24) is 0 Å². The number of ether oxygens (including phenoxy) is 1. The van der Waals surface area contributed by atoms with Crippen molar-refractivity contribution in [3.05, 3.63) is 23.2 Å². The van der Waals surface area contributed by atoms with Crippen LogP contribution in [0.5, 0.6) is 5.75 Å². The topological polar surface area (TPSA) is 33.6 Å². The maximum absolute atomic E-state index is 6.06. The third-order valence-electron chi connectivity index (χ3n) is 3.99. The number of halogens is 1. The van der Waals surface area contributed by atoms with Crippen molar-refractivity contribution in [2.24, 2.45) is 10.9 Å². The highest BCUT2D eigenvalue weighted by atomic mass is 35.5. The van der Waals surface area contributed by atoms with Crippen LogP contribution in [0.1, 0.15) is 25.7 Å². The van der Waals surface area contributed by atoms with Gasteiger partial charge < -0.3 is 10.1 Å². The van der Waals surface area contributed by atoms with E-state index >= 15 is 0 Å². The zero-order chi connectivity index (χ0) is 13.9. The molecule has 1 aliphatic carbocycles. The minimum Gasteiger partial charge on any atom is -0.495 e. The van der Waals surface area contributed by atoms with Crippen LogP contribution in [-0.2, 0) is 0 Å². The summed E-state index contributed by atoms with van der Waals surface area (Å²) < 4.78 is 5.36. The summed E-state index contributed by atoms with van der Waals surface area (Å²) >= 11 is 7.87. The molecule has 2 aliphatic rings. The summed E-state index contributed by atoms with van der Waals surface area (Å²) in [5, 5.41) is 5.07. The fourth-order valence-corrected chi connectivity index (χ4v) is 4.21. The smallest absolute Gasteiger partial charge is 0.161 e.